The van der Waals surface area contributed by atoms with Gasteiger partial charge in [0, 0.05) is 18.2 Å². The van der Waals surface area contributed by atoms with Crippen LogP contribution in [0.2, 0.25) is 0 Å². The average Bonchev–Trinajstić information content (AvgIpc) is 3.02. The van der Waals surface area contributed by atoms with E-state index in [0.29, 0.717) is 28.1 Å². The number of ketones is 1. The summed E-state index contributed by atoms with van der Waals surface area (Å²) < 4.78 is 24.6. The van der Waals surface area contributed by atoms with E-state index in [1.54, 1.807) is 12.1 Å². The van der Waals surface area contributed by atoms with Crippen molar-refractivity contribution in [3.8, 4) is 0 Å². The maximum Gasteiger partial charge on any atom is 0.331 e. The SMILES string of the molecule is O=C1CCc2cc(C(=O)COC(=O)C=Cc3ccc(Br)o3)c(F)cc2N1. The fraction of sp³-hybridized carbons (Fsp3) is 0.167. The molecule has 0 atom stereocenters. The predicted octanol–water partition coefficient (Wildman–Crippen LogP) is 3.51. The smallest absolute Gasteiger partial charge is 0.331 e. The van der Waals surface area contributed by atoms with Crippen molar-refractivity contribution in [3.63, 3.8) is 0 Å². The van der Waals surface area contributed by atoms with Crippen molar-refractivity contribution < 1.29 is 27.9 Å². The quantitative estimate of drug-likeness (QED) is 0.453. The van der Waals surface area contributed by atoms with Crippen LogP contribution < -0.4 is 5.32 Å². The minimum Gasteiger partial charge on any atom is -0.454 e. The van der Waals surface area contributed by atoms with Crippen molar-refractivity contribution in [2.24, 2.45) is 0 Å². The monoisotopic (exact) mass is 421 g/mol. The van der Waals surface area contributed by atoms with Gasteiger partial charge in [0.15, 0.2) is 11.3 Å². The summed E-state index contributed by atoms with van der Waals surface area (Å²) in [4.78, 5) is 35.1. The second-order valence-corrected chi connectivity index (χ2v) is 6.33. The van der Waals surface area contributed by atoms with Gasteiger partial charge in [0.2, 0.25) is 11.7 Å². The van der Waals surface area contributed by atoms with Crippen LogP contribution in [0.3, 0.4) is 0 Å². The van der Waals surface area contributed by atoms with Gasteiger partial charge in [-0.25, -0.2) is 9.18 Å². The van der Waals surface area contributed by atoms with Crippen LogP contribution in [0.25, 0.3) is 6.08 Å². The number of hydrogen-bond acceptors (Lipinski definition) is 5. The lowest BCUT2D eigenvalue weighted by Gasteiger charge is -2.17. The first-order chi connectivity index (χ1) is 12.4. The maximum absolute atomic E-state index is 14.1. The summed E-state index contributed by atoms with van der Waals surface area (Å²) in [5.41, 5.74) is 0.857. The van der Waals surface area contributed by atoms with Crippen molar-refractivity contribution in [1.82, 2.24) is 0 Å². The van der Waals surface area contributed by atoms with Crippen LogP contribution in [-0.4, -0.2) is 24.3 Å². The molecule has 2 heterocycles. The van der Waals surface area contributed by atoms with Crippen LogP contribution in [0.5, 0.6) is 0 Å². The summed E-state index contributed by atoms with van der Waals surface area (Å²) in [6.45, 7) is -0.590. The molecule has 1 N–H and O–H groups in total. The molecule has 0 saturated heterocycles. The highest BCUT2D eigenvalue weighted by Gasteiger charge is 2.21. The Hall–Kier alpha value is -2.74. The highest BCUT2D eigenvalue weighted by Crippen LogP contribution is 2.26. The van der Waals surface area contributed by atoms with Crippen LogP contribution >= 0.6 is 15.9 Å². The van der Waals surface area contributed by atoms with E-state index >= 15 is 0 Å². The van der Waals surface area contributed by atoms with Crippen molar-refractivity contribution >= 4 is 45.4 Å². The standard InChI is InChI=1S/C18H13BrFNO5/c19-16-4-2-11(26-16)3-6-18(24)25-9-15(22)12-7-10-1-5-17(23)21-14(10)8-13(12)20/h2-4,6-8H,1,5,9H2,(H,21,23). The van der Waals surface area contributed by atoms with Gasteiger partial charge >= 0.3 is 5.97 Å². The third-order valence-electron chi connectivity index (χ3n) is 3.71. The third-order valence-corrected chi connectivity index (χ3v) is 4.14. The van der Waals surface area contributed by atoms with Gasteiger partial charge in [-0.1, -0.05) is 0 Å². The Morgan fingerprint density at radius 2 is 2.12 bits per heavy atom. The topological polar surface area (TPSA) is 85.6 Å². The number of esters is 1. The summed E-state index contributed by atoms with van der Waals surface area (Å²) >= 11 is 3.13. The zero-order chi connectivity index (χ0) is 18.7. The number of nitrogens with one attached hydrogen (secondary N) is 1. The average molecular weight is 422 g/mol. The third kappa shape index (κ3) is 4.26. The number of Topliss-reactive ketones (excluding diaryl/α,β-unsaturated/α-hetero) is 1. The minimum absolute atomic E-state index is 0.174. The van der Waals surface area contributed by atoms with Crippen LogP contribution in [0.4, 0.5) is 10.1 Å². The Morgan fingerprint density at radius 1 is 1.31 bits per heavy atom. The number of hydrogen-bond donors (Lipinski definition) is 1. The molecule has 0 aliphatic carbocycles. The summed E-state index contributed by atoms with van der Waals surface area (Å²) in [6.07, 6.45) is 3.19. The molecule has 0 radical (unpaired) electrons. The number of furan rings is 1. The molecule has 0 fully saturated rings. The van der Waals surface area contributed by atoms with Gasteiger partial charge in [0.25, 0.3) is 0 Å². The van der Waals surface area contributed by atoms with Gasteiger partial charge in [-0.2, -0.15) is 0 Å². The largest absolute Gasteiger partial charge is 0.454 e. The molecule has 1 aliphatic heterocycles. The number of carbonyl (C=O) groups excluding carboxylic acids is 3. The van der Waals surface area contributed by atoms with E-state index in [2.05, 4.69) is 21.2 Å². The molecule has 0 saturated carbocycles. The fourth-order valence-corrected chi connectivity index (χ4v) is 2.77. The molecule has 8 heteroatoms. The molecule has 2 aromatic rings. The second kappa shape index (κ2) is 7.65. The van der Waals surface area contributed by atoms with Crippen molar-refractivity contribution in [2.45, 2.75) is 12.8 Å². The molecule has 0 unspecified atom stereocenters. The zero-order valence-corrected chi connectivity index (χ0v) is 15.0. The molecule has 0 bridgehead atoms. The minimum atomic E-state index is -0.775. The molecule has 3 rings (SSSR count). The van der Waals surface area contributed by atoms with E-state index in [9.17, 15) is 18.8 Å². The fourth-order valence-electron chi connectivity index (χ4n) is 2.45. The lowest BCUT2D eigenvalue weighted by atomic mass is 9.98. The van der Waals surface area contributed by atoms with E-state index in [1.165, 1.54) is 12.1 Å². The van der Waals surface area contributed by atoms with E-state index in [0.717, 1.165) is 12.1 Å². The molecule has 26 heavy (non-hydrogen) atoms. The lowest BCUT2D eigenvalue weighted by molar-refractivity contribution is -0.136. The lowest BCUT2D eigenvalue weighted by Crippen LogP contribution is -2.21. The number of benzene rings is 1. The number of amides is 1. The van der Waals surface area contributed by atoms with Gasteiger partial charge in [0.1, 0.15) is 11.6 Å². The highest BCUT2D eigenvalue weighted by molar-refractivity contribution is 9.10. The number of ether oxygens (including phenoxy) is 1. The van der Waals surface area contributed by atoms with Crippen molar-refractivity contribution in [2.75, 3.05) is 11.9 Å². The van der Waals surface area contributed by atoms with Crippen LogP contribution in [0.1, 0.15) is 28.1 Å². The number of fused-ring (bicyclic) bond motifs is 1. The van der Waals surface area contributed by atoms with Crippen LogP contribution in [0.15, 0.2) is 39.4 Å². The Morgan fingerprint density at radius 3 is 2.85 bits per heavy atom. The van der Waals surface area contributed by atoms with E-state index in [-0.39, 0.29) is 17.9 Å². The molecular formula is C18H13BrFNO5. The molecule has 1 aromatic carbocycles. The van der Waals surface area contributed by atoms with Gasteiger partial charge in [0.05, 0.1) is 5.56 Å². The highest BCUT2D eigenvalue weighted by atomic mass is 79.9. The summed E-state index contributed by atoms with van der Waals surface area (Å²) in [5.74, 6) is -1.95. The van der Waals surface area contributed by atoms with Crippen molar-refractivity contribution in [3.05, 3.63) is 57.7 Å². The predicted molar refractivity (Wildman–Crippen MR) is 94.1 cm³/mol. The normalized spacial score (nSPS) is 13.4. The van der Waals surface area contributed by atoms with Gasteiger partial charge < -0.3 is 14.5 Å². The Bertz CT molecular complexity index is 918. The number of halogens is 2. The van der Waals surface area contributed by atoms with Gasteiger partial charge in [-0.15, -0.1) is 0 Å². The first-order valence-corrected chi connectivity index (χ1v) is 8.47. The zero-order valence-electron chi connectivity index (χ0n) is 13.4. The first kappa shape index (κ1) is 18.1. The van der Waals surface area contributed by atoms with E-state index in [4.69, 9.17) is 9.15 Å². The van der Waals surface area contributed by atoms with Gasteiger partial charge in [-0.3, -0.25) is 9.59 Å². The molecule has 0 spiro atoms. The molecular weight excluding hydrogens is 409 g/mol. The van der Waals surface area contributed by atoms with Crippen LogP contribution in [0, 0.1) is 5.82 Å². The number of carbonyl (C=O) groups is 3. The number of anilines is 1. The molecule has 1 aromatic heterocycles. The van der Waals surface area contributed by atoms with E-state index < -0.39 is 24.2 Å². The molecule has 1 amide bonds. The molecule has 1 aliphatic rings. The number of rotatable bonds is 5. The van der Waals surface area contributed by atoms with Gasteiger partial charge in [-0.05, 0) is 58.3 Å². The van der Waals surface area contributed by atoms with E-state index in [1.807, 2.05) is 0 Å². The first-order valence-electron chi connectivity index (χ1n) is 7.68. The maximum atomic E-state index is 14.1. The Kier molecular flexibility index (Phi) is 5.32. The Balaban J connectivity index is 1.62. The molecule has 6 nitrogen and oxygen atoms in total. The molecule has 134 valence electrons. The summed E-state index contributed by atoms with van der Waals surface area (Å²) in [6, 6.07) is 5.79. The second-order valence-electron chi connectivity index (χ2n) is 5.54. The Labute approximate surface area is 156 Å². The number of aryl methyl sites for hydroxylation is 1. The summed E-state index contributed by atoms with van der Waals surface area (Å²) in [5, 5.41) is 2.55. The van der Waals surface area contributed by atoms with Crippen LogP contribution in [-0.2, 0) is 20.7 Å². The summed E-state index contributed by atoms with van der Waals surface area (Å²) in [7, 11) is 0. The van der Waals surface area contributed by atoms with Crippen molar-refractivity contribution in [1.29, 1.82) is 0 Å².